The van der Waals surface area contributed by atoms with Gasteiger partial charge in [0.15, 0.2) is 5.82 Å². The van der Waals surface area contributed by atoms with Gasteiger partial charge in [0.1, 0.15) is 0 Å². The molecule has 0 amide bonds. The first-order chi connectivity index (χ1) is 9.93. The summed E-state index contributed by atoms with van der Waals surface area (Å²) in [7, 11) is -3.36. The molecule has 1 saturated carbocycles. The van der Waals surface area contributed by atoms with E-state index >= 15 is 0 Å². The van der Waals surface area contributed by atoms with Crippen LogP contribution in [0.25, 0.3) is 0 Å². The first kappa shape index (κ1) is 14.9. The van der Waals surface area contributed by atoms with Crippen molar-refractivity contribution in [2.75, 3.05) is 20.1 Å². The Morgan fingerprint density at radius 2 is 2.19 bits per heavy atom. The minimum absolute atomic E-state index is 0.344. The molecule has 2 fully saturated rings. The molecule has 118 valence electrons. The van der Waals surface area contributed by atoms with Crippen molar-refractivity contribution in [3.05, 3.63) is 11.7 Å². The highest BCUT2D eigenvalue weighted by Crippen LogP contribution is 2.38. The Morgan fingerprint density at radius 3 is 2.86 bits per heavy atom. The van der Waals surface area contributed by atoms with Crippen LogP contribution in [0, 0.1) is 0 Å². The number of piperidine rings is 1. The molecular weight excluding hydrogens is 299 g/mol. The summed E-state index contributed by atoms with van der Waals surface area (Å²) in [4.78, 5) is 6.40. The molecule has 0 bridgehead atoms. The monoisotopic (exact) mass is 318 g/mol. The fourth-order valence-electron chi connectivity index (χ4n) is 2.68. The zero-order valence-electron chi connectivity index (χ0n) is 11.9. The Balaban J connectivity index is 1.60. The molecule has 3 rings (SSSR count). The van der Waals surface area contributed by atoms with E-state index in [0.717, 1.165) is 30.1 Å². The molecule has 21 heavy (non-hydrogen) atoms. The number of aromatic nitrogens is 2. The van der Waals surface area contributed by atoms with E-state index in [2.05, 4.69) is 10.1 Å². The maximum Gasteiger partial charge on any atom is 0.374 e. The van der Waals surface area contributed by atoms with Gasteiger partial charge in [0.2, 0.25) is 5.89 Å². The standard InChI is InChI=1S/C12H19FN4O3S/c1-16(21(13,18)19)10-3-2-6-17(7-10)8-11-14-12(20-15-11)9-4-5-9/h9-10H,2-8H2,1H3. The van der Waals surface area contributed by atoms with Crippen LogP contribution >= 0.6 is 0 Å². The first-order valence-electron chi connectivity index (χ1n) is 7.16. The molecular formula is C12H19FN4O3S. The van der Waals surface area contributed by atoms with E-state index in [1.165, 1.54) is 7.05 Å². The predicted molar refractivity (Wildman–Crippen MR) is 72.4 cm³/mol. The van der Waals surface area contributed by atoms with E-state index in [0.29, 0.717) is 37.1 Å². The molecule has 1 aromatic rings. The second-order valence-corrected chi connectivity index (χ2v) is 7.21. The minimum Gasteiger partial charge on any atom is -0.339 e. The summed E-state index contributed by atoms with van der Waals surface area (Å²) in [5, 5.41) is 3.96. The van der Waals surface area contributed by atoms with Gasteiger partial charge in [0.25, 0.3) is 0 Å². The fourth-order valence-corrected chi connectivity index (χ4v) is 3.21. The van der Waals surface area contributed by atoms with Crippen LogP contribution in [0.15, 0.2) is 4.52 Å². The minimum atomic E-state index is -4.64. The van der Waals surface area contributed by atoms with E-state index in [1.54, 1.807) is 0 Å². The summed E-state index contributed by atoms with van der Waals surface area (Å²) in [5.74, 6) is 1.73. The zero-order valence-corrected chi connectivity index (χ0v) is 12.7. The van der Waals surface area contributed by atoms with Gasteiger partial charge in [-0.2, -0.15) is 17.7 Å². The smallest absolute Gasteiger partial charge is 0.339 e. The molecule has 1 unspecified atom stereocenters. The lowest BCUT2D eigenvalue weighted by Crippen LogP contribution is -2.47. The van der Waals surface area contributed by atoms with Crippen LogP contribution in [0.5, 0.6) is 0 Å². The normalized spacial score (nSPS) is 24.6. The van der Waals surface area contributed by atoms with Crippen LogP contribution in [0.3, 0.4) is 0 Å². The molecule has 0 spiro atoms. The highest BCUT2D eigenvalue weighted by molar-refractivity contribution is 7.83. The van der Waals surface area contributed by atoms with Crippen molar-refractivity contribution in [1.29, 1.82) is 0 Å². The third-order valence-electron chi connectivity index (χ3n) is 4.11. The Hall–Kier alpha value is -1.06. The predicted octanol–water partition coefficient (Wildman–Crippen LogP) is 1.06. The molecule has 2 heterocycles. The summed E-state index contributed by atoms with van der Waals surface area (Å²) >= 11 is 0. The molecule has 0 N–H and O–H groups in total. The summed E-state index contributed by atoms with van der Waals surface area (Å²) < 4.78 is 41.0. The van der Waals surface area contributed by atoms with Crippen molar-refractivity contribution in [1.82, 2.24) is 19.3 Å². The van der Waals surface area contributed by atoms with E-state index in [-0.39, 0.29) is 6.04 Å². The zero-order chi connectivity index (χ0) is 15.0. The van der Waals surface area contributed by atoms with Crippen molar-refractivity contribution in [3.63, 3.8) is 0 Å². The molecule has 9 heteroatoms. The van der Waals surface area contributed by atoms with E-state index < -0.39 is 10.4 Å². The summed E-state index contributed by atoms with van der Waals surface area (Å²) in [6, 6.07) is -0.344. The molecule has 1 aliphatic heterocycles. The largest absolute Gasteiger partial charge is 0.374 e. The van der Waals surface area contributed by atoms with Crippen LogP contribution in [0.4, 0.5) is 3.89 Å². The number of likely N-dealkylation sites (N-methyl/N-ethyl adjacent to an activating group) is 1. The Kier molecular flexibility index (Phi) is 3.98. The molecule has 0 aromatic carbocycles. The van der Waals surface area contributed by atoms with Crippen LogP contribution in [0.2, 0.25) is 0 Å². The number of nitrogens with zero attached hydrogens (tertiary/aromatic N) is 4. The number of rotatable bonds is 5. The lowest BCUT2D eigenvalue weighted by Gasteiger charge is -2.34. The van der Waals surface area contributed by atoms with Crippen LogP contribution in [-0.2, 0) is 17.0 Å². The van der Waals surface area contributed by atoms with Crippen molar-refractivity contribution in [2.24, 2.45) is 0 Å². The number of hydrogen-bond acceptors (Lipinski definition) is 6. The number of hydrogen-bond donors (Lipinski definition) is 0. The molecule has 1 saturated heterocycles. The van der Waals surface area contributed by atoms with Crippen molar-refractivity contribution in [2.45, 2.75) is 44.2 Å². The number of likely N-dealkylation sites (tertiary alicyclic amines) is 1. The third-order valence-corrected chi connectivity index (χ3v) is 5.10. The highest BCUT2D eigenvalue weighted by atomic mass is 32.3. The molecule has 1 aliphatic carbocycles. The average molecular weight is 318 g/mol. The second kappa shape index (κ2) is 5.62. The summed E-state index contributed by atoms with van der Waals surface area (Å²) in [5.41, 5.74) is 0. The topological polar surface area (TPSA) is 79.5 Å². The fraction of sp³-hybridized carbons (Fsp3) is 0.833. The van der Waals surface area contributed by atoms with Crippen molar-refractivity contribution in [3.8, 4) is 0 Å². The Morgan fingerprint density at radius 1 is 1.43 bits per heavy atom. The Bertz CT molecular complexity index is 601. The lowest BCUT2D eigenvalue weighted by molar-refractivity contribution is 0.146. The van der Waals surface area contributed by atoms with Gasteiger partial charge in [-0.3, -0.25) is 4.90 Å². The van der Waals surface area contributed by atoms with Crippen molar-refractivity contribution >= 4 is 10.4 Å². The van der Waals surface area contributed by atoms with Crippen LogP contribution in [-0.4, -0.2) is 53.9 Å². The molecule has 7 nitrogen and oxygen atoms in total. The summed E-state index contributed by atoms with van der Waals surface area (Å²) in [6.45, 7) is 1.81. The maximum atomic E-state index is 13.1. The first-order valence-corrected chi connectivity index (χ1v) is 8.50. The van der Waals surface area contributed by atoms with Gasteiger partial charge in [0.05, 0.1) is 6.54 Å². The van der Waals surface area contributed by atoms with Gasteiger partial charge < -0.3 is 4.52 Å². The van der Waals surface area contributed by atoms with Gasteiger partial charge in [-0.1, -0.05) is 9.04 Å². The van der Waals surface area contributed by atoms with E-state index in [9.17, 15) is 12.3 Å². The average Bonchev–Trinajstić information content (AvgIpc) is 3.18. The van der Waals surface area contributed by atoms with E-state index in [4.69, 9.17) is 4.52 Å². The van der Waals surface area contributed by atoms with Gasteiger partial charge in [-0.15, -0.1) is 0 Å². The molecule has 1 atom stereocenters. The van der Waals surface area contributed by atoms with Gasteiger partial charge in [-0.25, -0.2) is 0 Å². The lowest BCUT2D eigenvalue weighted by atomic mass is 10.1. The van der Waals surface area contributed by atoms with Crippen LogP contribution in [0.1, 0.15) is 43.3 Å². The SMILES string of the molecule is CN(C1CCCN(Cc2noc(C3CC3)n2)C1)S(=O)(=O)F. The maximum absolute atomic E-state index is 13.1. The molecule has 0 radical (unpaired) electrons. The second-order valence-electron chi connectivity index (χ2n) is 5.81. The van der Waals surface area contributed by atoms with Crippen LogP contribution < -0.4 is 0 Å². The molecule has 2 aliphatic rings. The number of halogens is 1. The Labute approximate surface area is 123 Å². The third kappa shape index (κ3) is 3.58. The quantitative estimate of drug-likeness (QED) is 0.755. The summed E-state index contributed by atoms with van der Waals surface area (Å²) in [6.07, 6.45) is 3.69. The van der Waals surface area contributed by atoms with Crippen molar-refractivity contribution < 1.29 is 16.8 Å². The highest BCUT2D eigenvalue weighted by Gasteiger charge is 2.32. The van der Waals surface area contributed by atoms with Gasteiger partial charge in [-0.05, 0) is 32.2 Å². The van der Waals surface area contributed by atoms with Gasteiger partial charge in [0, 0.05) is 25.6 Å². The van der Waals surface area contributed by atoms with E-state index in [1.807, 2.05) is 4.90 Å². The molecule has 1 aromatic heterocycles. The van der Waals surface area contributed by atoms with Gasteiger partial charge >= 0.3 is 10.4 Å².